The van der Waals surface area contributed by atoms with Crippen LogP contribution in [0.25, 0.3) is 0 Å². The molecule has 0 bridgehead atoms. The second-order valence-corrected chi connectivity index (χ2v) is 9.98. The molecule has 0 aromatic heterocycles. The van der Waals surface area contributed by atoms with E-state index in [9.17, 15) is 0 Å². The van der Waals surface area contributed by atoms with Crippen molar-refractivity contribution in [2.45, 2.75) is 52.4 Å². The van der Waals surface area contributed by atoms with Gasteiger partial charge in [0.2, 0.25) is 11.4 Å². The Labute approximate surface area is 239 Å². The third-order valence-electron chi connectivity index (χ3n) is 7.65. The van der Waals surface area contributed by atoms with Gasteiger partial charge in [-0.3, -0.25) is 0 Å². The highest BCUT2D eigenvalue weighted by atomic mass is 127. The molecule has 4 nitrogen and oxygen atoms in total. The third kappa shape index (κ3) is 5.44. The summed E-state index contributed by atoms with van der Waals surface area (Å²) < 4.78 is 16.6. The van der Waals surface area contributed by atoms with Crippen molar-refractivity contribution < 1.29 is 66.6 Å². The Morgan fingerprint density at radius 2 is 0.941 bits per heavy atom. The molecule has 0 saturated carbocycles. The van der Waals surface area contributed by atoms with Gasteiger partial charge in [0.15, 0.2) is 24.5 Å². The fraction of sp³-hybridized carbons (Fsp3) is 0.500. The van der Waals surface area contributed by atoms with Crippen LogP contribution in [0.4, 0.5) is 11.4 Å². The lowest BCUT2D eigenvalue weighted by molar-refractivity contribution is -0.445. The summed E-state index contributed by atoms with van der Waals surface area (Å²) in [5.41, 5.74) is 8.37. The molecule has 0 radical (unpaired) electrons. The Morgan fingerprint density at radius 1 is 0.588 bits per heavy atom. The smallest absolute Gasteiger partial charge is 0.209 e. The van der Waals surface area contributed by atoms with Crippen molar-refractivity contribution in [3.8, 4) is 0 Å². The number of ether oxygens (including phenoxy) is 2. The van der Waals surface area contributed by atoms with Crippen LogP contribution in [0.15, 0.2) is 48.5 Å². The summed E-state index contributed by atoms with van der Waals surface area (Å²) in [7, 11) is 0. The lowest BCUT2D eigenvalue weighted by Gasteiger charge is -2.14. The fourth-order valence-corrected chi connectivity index (χ4v) is 5.11. The predicted octanol–water partition coefficient (Wildman–Crippen LogP) is -0.780. The van der Waals surface area contributed by atoms with Crippen LogP contribution in [0, 0.1) is 0 Å². The standard InChI is InChI=1S/C28H38N2O2.2HI/c1-21-27(3,4)23-11-7-9-13-25(23)29(21)15-17-31-19-20-32-18-16-30-22(2)28(5,6)24-12-8-10-14-26(24)30;;/h7-14H,15-20H2,1-6H3;2*1H/q+2;;/p-2. The van der Waals surface area contributed by atoms with Gasteiger partial charge in [-0.05, 0) is 27.7 Å². The van der Waals surface area contributed by atoms with E-state index >= 15 is 0 Å². The minimum absolute atomic E-state index is 0. The van der Waals surface area contributed by atoms with Crippen LogP contribution in [0.5, 0.6) is 0 Å². The molecule has 186 valence electrons. The van der Waals surface area contributed by atoms with E-state index in [1.165, 1.54) is 33.9 Å². The molecule has 4 rings (SSSR count). The lowest BCUT2D eigenvalue weighted by Crippen LogP contribution is -3.00. The van der Waals surface area contributed by atoms with Gasteiger partial charge in [0.05, 0.1) is 24.0 Å². The van der Waals surface area contributed by atoms with Gasteiger partial charge < -0.3 is 57.4 Å². The Kier molecular flexibility index (Phi) is 10.3. The molecular formula is C28H38I2N2O2. The van der Waals surface area contributed by atoms with Crippen molar-refractivity contribution in [3.63, 3.8) is 0 Å². The van der Waals surface area contributed by atoms with Crippen LogP contribution in [-0.4, -0.2) is 60.1 Å². The highest BCUT2D eigenvalue weighted by Gasteiger charge is 2.43. The highest BCUT2D eigenvalue weighted by molar-refractivity contribution is 5.93. The second kappa shape index (κ2) is 11.9. The zero-order chi connectivity index (χ0) is 22.9. The summed E-state index contributed by atoms with van der Waals surface area (Å²) in [6, 6.07) is 17.4. The number of hydrogen-bond donors (Lipinski definition) is 0. The molecule has 2 aliphatic heterocycles. The van der Waals surface area contributed by atoms with Crippen molar-refractivity contribution in [2.75, 3.05) is 39.5 Å². The normalized spacial score (nSPS) is 17.2. The van der Waals surface area contributed by atoms with Crippen LogP contribution >= 0.6 is 0 Å². The van der Waals surface area contributed by atoms with Gasteiger partial charge in [-0.25, -0.2) is 0 Å². The van der Waals surface area contributed by atoms with Gasteiger partial charge in [0.25, 0.3) is 0 Å². The van der Waals surface area contributed by atoms with Gasteiger partial charge in [-0.2, -0.15) is 9.15 Å². The van der Waals surface area contributed by atoms with Crippen molar-refractivity contribution in [1.82, 2.24) is 0 Å². The minimum Gasteiger partial charge on any atom is -1.00 e. The van der Waals surface area contributed by atoms with Crippen molar-refractivity contribution in [3.05, 3.63) is 59.7 Å². The summed E-state index contributed by atoms with van der Waals surface area (Å²) in [6.07, 6.45) is 0. The van der Waals surface area contributed by atoms with E-state index in [0.29, 0.717) is 26.4 Å². The Morgan fingerprint density at radius 3 is 1.32 bits per heavy atom. The minimum atomic E-state index is 0. The van der Waals surface area contributed by atoms with Crippen LogP contribution in [0.1, 0.15) is 52.7 Å². The molecule has 0 atom stereocenters. The number of hydrogen-bond acceptors (Lipinski definition) is 2. The first-order valence-electron chi connectivity index (χ1n) is 11.8. The van der Waals surface area contributed by atoms with Crippen LogP contribution in [0.3, 0.4) is 0 Å². The van der Waals surface area contributed by atoms with Gasteiger partial charge in [0, 0.05) is 37.1 Å². The first-order chi connectivity index (χ1) is 15.3. The maximum absolute atomic E-state index is 5.91. The number of para-hydroxylation sites is 2. The molecule has 2 aliphatic rings. The van der Waals surface area contributed by atoms with E-state index in [1.807, 2.05) is 0 Å². The molecule has 0 fully saturated rings. The first-order valence-corrected chi connectivity index (χ1v) is 11.8. The van der Waals surface area contributed by atoms with Crippen molar-refractivity contribution in [2.24, 2.45) is 0 Å². The Bertz CT molecular complexity index is 988. The number of rotatable bonds is 9. The van der Waals surface area contributed by atoms with Crippen LogP contribution < -0.4 is 48.0 Å². The van der Waals surface area contributed by atoms with E-state index in [1.54, 1.807) is 0 Å². The molecule has 2 aromatic rings. The predicted molar refractivity (Wildman–Crippen MR) is 132 cm³/mol. The molecule has 0 aliphatic carbocycles. The molecule has 0 amide bonds. The summed E-state index contributed by atoms with van der Waals surface area (Å²) in [5, 5.41) is 0. The molecule has 2 heterocycles. The molecule has 34 heavy (non-hydrogen) atoms. The quantitative estimate of drug-likeness (QED) is 0.197. The summed E-state index contributed by atoms with van der Waals surface area (Å²) in [6.45, 7) is 18.1. The molecule has 2 aromatic carbocycles. The largest absolute Gasteiger partial charge is 1.00 e. The Balaban J connectivity index is 0.00000204. The van der Waals surface area contributed by atoms with Crippen LogP contribution in [0.2, 0.25) is 0 Å². The molecule has 0 unspecified atom stereocenters. The molecule has 0 saturated heterocycles. The number of halogens is 2. The fourth-order valence-electron chi connectivity index (χ4n) is 5.11. The van der Waals surface area contributed by atoms with Gasteiger partial charge in [-0.15, -0.1) is 0 Å². The molecule has 0 N–H and O–H groups in total. The average Bonchev–Trinajstić information content (AvgIpc) is 3.10. The monoisotopic (exact) mass is 688 g/mol. The first kappa shape index (κ1) is 29.4. The van der Waals surface area contributed by atoms with E-state index in [2.05, 4.69) is 99.2 Å². The SMILES string of the molecule is CC1=[N+](CCOCCOCC[N+]2=C(C)C(C)(C)c3ccccc32)c2ccccc2C1(C)C.[I-].[I-]. The summed E-state index contributed by atoms with van der Waals surface area (Å²) >= 11 is 0. The van der Waals surface area contributed by atoms with Crippen molar-refractivity contribution in [1.29, 1.82) is 0 Å². The zero-order valence-corrected chi connectivity index (χ0v) is 25.6. The zero-order valence-electron chi connectivity index (χ0n) is 21.3. The van der Waals surface area contributed by atoms with E-state index < -0.39 is 0 Å². The maximum Gasteiger partial charge on any atom is 0.209 e. The number of fused-ring (bicyclic) bond motifs is 2. The Hall–Kier alpha value is -0.840. The molecular weight excluding hydrogens is 650 g/mol. The van der Waals surface area contributed by atoms with Gasteiger partial charge in [-0.1, -0.05) is 36.4 Å². The molecule has 0 spiro atoms. The van der Waals surface area contributed by atoms with Crippen molar-refractivity contribution >= 4 is 22.8 Å². The van der Waals surface area contributed by atoms with Gasteiger partial charge >= 0.3 is 0 Å². The summed E-state index contributed by atoms with van der Waals surface area (Å²) in [4.78, 5) is 0. The van der Waals surface area contributed by atoms with Gasteiger partial charge in [0.1, 0.15) is 13.2 Å². The third-order valence-corrected chi connectivity index (χ3v) is 7.65. The van der Waals surface area contributed by atoms with E-state index in [-0.39, 0.29) is 58.8 Å². The highest BCUT2D eigenvalue weighted by Crippen LogP contribution is 2.39. The molecule has 6 heteroatoms. The second-order valence-electron chi connectivity index (χ2n) is 9.98. The average molecular weight is 688 g/mol. The van der Waals surface area contributed by atoms with Crippen LogP contribution in [-0.2, 0) is 20.3 Å². The summed E-state index contributed by atoms with van der Waals surface area (Å²) in [5.74, 6) is 0. The topological polar surface area (TPSA) is 24.5 Å². The lowest BCUT2D eigenvalue weighted by atomic mass is 9.82. The van der Waals surface area contributed by atoms with E-state index in [0.717, 1.165) is 13.1 Å². The number of nitrogens with zero attached hydrogens (tertiary/aromatic N) is 2. The number of benzene rings is 2. The maximum atomic E-state index is 5.91. The van der Waals surface area contributed by atoms with E-state index in [4.69, 9.17) is 9.47 Å².